The lowest BCUT2D eigenvalue weighted by Gasteiger charge is -2.21. The van der Waals surface area contributed by atoms with Gasteiger partial charge in [0.25, 0.3) is 0 Å². The van der Waals surface area contributed by atoms with Crippen LogP contribution in [-0.2, 0) is 9.59 Å². The number of benzene rings is 2. The largest absolute Gasteiger partial charge is 0.463 e. The van der Waals surface area contributed by atoms with Crippen LogP contribution in [0.15, 0.2) is 36.4 Å². The first-order valence-electron chi connectivity index (χ1n) is 7.54. The Bertz CT molecular complexity index is 904. The Hall–Kier alpha value is -3.06. The monoisotopic (exact) mass is 450 g/mol. The SMILES string of the molecule is O=C(Nc1ccc(NC(=O)C(F)(F)C(F)(F)F)c2ccccc12)C(F)(F)C(F)(F)F. The summed E-state index contributed by atoms with van der Waals surface area (Å²) in [6.45, 7) is 0. The van der Waals surface area contributed by atoms with Gasteiger partial charge in [-0.25, -0.2) is 0 Å². The maximum Gasteiger partial charge on any atom is 0.463 e. The van der Waals surface area contributed by atoms with E-state index in [-0.39, 0.29) is 10.8 Å². The molecule has 0 radical (unpaired) electrons. The number of anilines is 2. The minimum Gasteiger partial charge on any atom is -0.320 e. The predicted octanol–water partition coefficient (Wildman–Crippen LogP) is 5.11. The molecule has 0 atom stereocenters. The molecule has 2 amide bonds. The van der Waals surface area contributed by atoms with E-state index in [0.29, 0.717) is 12.1 Å². The van der Waals surface area contributed by atoms with Crippen LogP contribution >= 0.6 is 0 Å². The summed E-state index contributed by atoms with van der Waals surface area (Å²) in [6, 6.07) is 5.77. The van der Waals surface area contributed by atoms with Gasteiger partial charge in [0, 0.05) is 22.1 Å². The second kappa shape index (κ2) is 7.32. The number of fused-ring (bicyclic) bond motifs is 1. The molecule has 0 aliphatic heterocycles. The highest BCUT2D eigenvalue weighted by Gasteiger charge is 2.64. The van der Waals surface area contributed by atoms with E-state index in [0.717, 1.165) is 12.1 Å². The van der Waals surface area contributed by atoms with Gasteiger partial charge in [-0.15, -0.1) is 0 Å². The van der Waals surface area contributed by atoms with Crippen LogP contribution < -0.4 is 10.6 Å². The van der Waals surface area contributed by atoms with Crippen LogP contribution in [0, 0.1) is 0 Å². The normalized spacial score (nSPS) is 13.3. The third kappa shape index (κ3) is 4.11. The zero-order valence-electron chi connectivity index (χ0n) is 14.1. The zero-order chi connectivity index (χ0) is 23.1. The molecule has 0 saturated heterocycles. The molecule has 4 nitrogen and oxygen atoms in total. The van der Waals surface area contributed by atoms with Gasteiger partial charge in [0.15, 0.2) is 0 Å². The summed E-state index contributed by atoms with van der Waals surface area (Å²) in [6.07, 6.45) is -12.4. The van der Waals surface area contributed by atoms with Crippen LogP contribution in [0.3, 0.4) is 0 Å². The average molecular weight is 450 g/mol. The quantitative estimate of drug-likeness (QED) is 0.637. The number of alkyl halides is 10. The minimum atomic E-state index is -6.20. The zero-order valence-corrected chi connectivity index (χ0v) is 14.1. The Labute approximate surface area is 159 Å². The summed E-state index contributed by atoms with van der Waals surface area (Å²) < 4.78 is 126. The molecule has 164 valence electrons. The number of amides is 2. The van der Waals surface area contributed by atoms with E-state index in [1.54, 1.807) is 0 Å². The van der Waals surface area contributed by atoms with Crippen molar-refractivity contribution in [2.24, 2.45) is 0 Å². The molecule has 2 aromatic carbocycles. The van der Waals surface area contributed by atoms with Crippen LogP contribution in [0.1, 0.15) is 0 Å². The van der Waals surface area contributed by atoms with Crippen LogP contribution in [0.25, 0.3) is 10.8 Å². The van der Waals surface area contributed by atoms with Gasteiger partial charge in [0.2, 0.25) is 0 Å². The summed E-state index contributed by atoms with van der Waals surface area (Å²) in [5.41, 5.74) is -1.28. The molecule has 14 heteroatoms. The first-order chi connectivity index (χ1) is 13.5. The number of hydrogen-bond donors (Lipinski definition) is 2. The Morgan fingerprint density at radius 3 is 1.13 bits per heavy atom. The van der Waals surface area contributed by atoms with Gasteiger partial charge in [-0.1, -0.05) is 24.3 Å². The molecule has 0 bridgehead atoms. The van der Waals surface area contributed by atoms with E-state index in [9.17, 15) is 53.5 Å². The molecule has 2 rings (SSSR count). The van der Waals surface area contributed by atoms with Gasteiger partial charge >= 0.3 is 36.0 Å². The number of hydrogen-bond acceptors (Lipinski definition) is 2. The van der Waals surface area contributed by atoms with E-state index >= 15 is 0 Å². The standard InChI is InChI=1S/C16H8F10N2O2/c17-13(18,15(21,22)23)11(29)27-9-5-6-10(8-4-2-1-3-7(8)9)28-12(30)14(19,20)16(24,25)26/h1-6H,(H,27,29)(H,28,30). The molecule has 0 fully saturated rings. The molecular weight excluding hydrogens is 442 g/mol. The van der Waals surface area contributed by atoms with Gasteiger partial charge in [0.05, 0.1) is 0 Å². The lowest BCUT2D eigenvalue weighted by molar-refractivity contribution is -0.267. The maximum absolute atomic E-state index is 13.1. The van der Waals surface area contributed by atoms with E-state index in [1.807, 2.05) is 0 Å². The first kappa shape index (κ1) is 23.2. The van der Waals surface area contributed by atoms with Crippen molar-refractivity contribution in [2.75, 3.05) is 10.6 Å². The summed E-state index contributed by atoms with van der Waals surface area (Å²) in [5, 5.41) is 1.99. The van der Waals surface area contributed by atoms with Crippen LogP contribution in [0.5, 0.6) is 0 Å². The minimum absolute atomic E-state index is 0.322. The molecule has 2 aromatic rings. The van der Waals surface area contributed by atoms with Crippen molar-refractivity contribution in [1.82, 2.24) is 0 Å². The second-order valence-electron chi connectivity index (χ2n) is 5.76. The predicted molar refractivity (Wildman–Crippen MR) is 83.2 cm³/mol. The number of carbonyl (C=O) groups excluding carboxylic acids is 2. The molecule has 0 aliphatic carbocycles. The summed E-state index contributed by atoms with van der Waals surface area (Å²) >= 11 is 0. The number of halogens is 10. The highest BCUT2D eigenvalue weighted by Crippen LogP contribution is 2.39. The molecule has 0 aromatic heterocycles. The fourth-order valence-electron chi connectivity index (χ4n) is 2.18. The number of carbonyl (C=O) groups is 2. The molecule has 0 spiro atoms. The Kier molecular flexibility index (Phi) is 5.67. The van der Waals surface area contributed by atoms with E-state index in [4.69, 9.17) is 0 Å². The molecular formula is C16H8F10N2O2. The van der Waals surface area contributed by atoms with Crippen molar-refractivity contribution in [1.29, 1.82) is 0 Å². The van der Waals surface area contributed by atoms with Crippen LogP contribution in [-0.4, -0.2) is 36.0 Å². The first-order valence-corrected chi connectivity index (χ1v) is 7.54. The Morgan fingerprint density at radius 2 is 0.867 bits per heavy atom. The van der Waals surface area contributed by atoms with E-state index < -0.39 is 47.4 Å². The van der Waals surface area contributed by atoms with Gasteiger partial charge in [-0.3, -0.25) is 9.59 Å². The van der Waals surface area contributed by atoms with Gasteiger partial charge in [-0.2, -0.15) is 43.9 Å². The maximum atomic E-state index is 13.1. The average Bonchev–Trinajstić information content (AvgIpc) is 2.61. The fourth-order valence-corrected chi connectivity index (χ4v) is 2.18. The van der Waals surface area contributed by atoms with Crippen LogP contribution in [0.4, 0.5) is 55.3 Å². The van der Waals surface area contributed by atoms with Crippen LogP contribution in [0.2, 0.25) is 0 Å². The number of nitrogens with one attached hydrogen (secondary N) is 2. The molecule has 0 unspecified atom stereocenters. The van der Waals surface area contributed by atoms with Gasteiger partial charge in [-0.05, 0) is 12.1 Å². The Morgan fingerprint density at radius 1 is 0.567 bits per heavy atom. The molecule has 2 N–H and O–H groups in total. The third-order valence-corrected chi connectivity index (χ3v) is 3.70. The summed E-state index contributed by atoms with van der Waals surface area (Å²) in [4.78, 5) is 22.7. The molecule has 0 heterocycles. The lowest BCUT2D eigenvalue weighted by Crippen LogP contribution is -2.47. The lowest BCUT2D eigenvalue weighted by atomic mass is 10.1. The molecule has 0 aliphatic rings. The second-order valence-corrected chi connectivity index (χ2v) is 5.76. The summed E-state index contributed by atoms with van der Waals surface area (Å²) in [5.74, 6) is -17.0. The van der Waals surface area contributed by atoms with Crippen molar-refractivity contribution in [3.8, 4) is 0 Å². The van der Waals surface area contributed by atoms with E-state index in [1.165, 1.54) is 22.8 Å². The van der Waals surface area contributed by atoms with Gasteiger partial charge < -0.3 is 10.6 Å². The van der Waals surface area contributed by atoms with Gasteiger partial charge in [0.1, 0.15) is 0 Å². The highest BCUT2D eigenvalue weighted by molar-refractivity contribution is 6.11. The van der Waals surface area contributed by atoms with Crippen molar-refractivity contribution in [3.63, 3.8) is 0 Å². The van der Waals surface area contributed by atoms with Crippen molar-refractivity contribution in [2.45, 2.75) is 24.2 Å². The van der Waals surface area contributed by atoms with E-state index in [2.05, 4.69) is 0 Å². The highest BCUT2D eigenvalue weighted by atomic mass is 19.4. The van der Waals surface area contributed by atoms with Crippen molar-refractivity contribution in [3.05, 3.63) is 36.4 Å². The Balaban J connectivity index is 2.43. The summed E-state index contributed by atoms with van der Waals surface area (Å²) in [7, 11) is 0. The third-order valence-electron chi connectivity index (χ3n) is 3.70. The molecule has 0 saturated carbocycles. The van der Waals surface area contributed by atoms with Crippen molar-refractivity contribution < 1.29 is 53.5 Å². The number of rotatable bonds is 4. The smallest absolute Gasteiger partial charge is 0.320 e. The van der Waals surface area contributed by atoms with Crippen molar-refractivity contribution >= 4 is 34.0 Å². The topological polar surface area (TPSA) is 58.2 Å². The fraction of sp³-hybridized carbons (Fsp3) is 0.250. The molecule has 30 heavy (non-hydrogen) atoms.